The van der Waals surface area contributed by atoms with E-state index in [1.54, 1.807) is 6.92 Å². The molecular weight excluding hydrogens is 476 g/mol. The molecular formula is C33H50O5. The van der Waals surface area contributed by atoms with Gasteiger partial charge in [0.15, 0.2) is 5.78 Å². The van der Waals surface area contributed by atoms with Crippen LogP contribution in [0.4, 0.5) is 0 Å². The van der Waals surface area contributed by atoms with Crippen LogP contribution in [0, 0.1) is 51.2 Å². The van der Waals surface area contributed by atoms with E-state index in [0.717, 1.165) is 37.7 Å². The molecule has 5 aliphatic carbocycles. The molecule has 0 aromatic carbocycles. The first-order valence-electron chi connectivity index (χ1n) is 15.3. The molecule has 3 unspecified atom stereocenters. The van der Waals surface area contributed by atoms with Gasteiger partial charge in [0.1, 0.15) is 12.7 Å². The summed E-state index contributed by atoms with van der Waals surface area (Å²) in [5, 5.41) is 0. The molecule has 4 saturated carbocycles. The van der Waals surface area contributed by atoms with Gasteiger partial charge in [0.25, 0.3) is 0 Å². The fourth-order valence-corrected chi connectivity index (χ4v) is 11.2. The SMILES string of the molecule is CC(=O)OC[C@@]12CCC3[C@H](CCC4[C@@]3(C)CCC3C(C)(C)[C@@H](OC(C)=O)CC[C@@]34C)C1=C(C(C)C)C(=O)C2. The van der Waals surface area contributed by atoms with Gasteiger partial charge in [0, 0.05) is 31.1 Å². The number of rotatable bonds is 4. The van der Waals surface area contributed by atoms with E-state index in [1.807, 2.05) is 0 Å². The predicted octanol–water partition coefficient (Wildman–Crippen LogP) is 7.07. The lowest BCUT2D eigenvalue weighted by molar-refractivity contribution is -0.212. The Morgan fingerprint density at radius 1 is 0.868 bits per heavy atom. The summed E-state index contributed by atoms with van der Waals surface area (Å²) < 4.78 is 11.5. The summed E-state index contributed by atoms with van der Waals surface area (Å²) in [6.45, 7) is 17.5. The average Bonchev–Trinajstić information content (AvgIpc) is 3.12. The Morgan fingerprint density at radius 2 is 1.55 bits per heavy atom. The molecule has 0 heterocycles. The summed E-state index contributed by atoms with van der Waals surface area (Å²) in [5.41, 5.74) is 2.56. The van der Waals surface area contributed by atoms with Crippen molar-refractivity contribution in [1.29, 1.82) is 0 Å². The van der Waals surface area contributed by atoms with Crippen molar-refractivity contribution in [3.63, 3.8) is 0 Å². The molecule has 4 fully saturated rings. The highest BCUT2D eigenvalue weighted by Crippen LogP contribution is 2.73. The zero-order valence-electron chi connectivity index (χ0n) is 25.1. The van der Waals surface area contributed by atoms with Gasteiger partial charge in [-0.15, -0.1) is 0 Å². The first-order valence-corrected chi connectivity index (χ1v) is 15.3. The Hall–Kier alpha value is -1.65. The van der Waals surface area contributed by atoms with Gasteiger partial charge < -0.3 is 9.47 Å². The number of hydrogen-bond donors (Lipinski definition) is 0. The van der Waals surface area contributed by atoms with Crippen LogP contribution >= 0.6 is 0 Å². The number of ketones is 1. The van der Waals surface area contributed by atoms with E-state index < -0.39 is 0 Å². The van der Waals surface area contributed by atoms with E-state index in [1.165, 1.54) is 31.8 Å². The van der Waals surface area contributed by atoms with Gasteiger partial charge in [-0.2, -0.15) is 0 Å². The van der Waals surface area contributed by atoms with Crippen molar-refractivity contribution in [2.75, 3.05) is 6.61 Å². The molecule has 0 N–H and O–H groups in total. The number of allylic oxidation sites excluding steroid dienone is 1. The molecule has 0 amide bonds. The van der Waals surface area contributed by atoms with Crippen LogP contribution in [0.1, 0.15) is 113 Å². The molecule has 5 aliphatic rings. The minimum atomic E-state index is -0.294. The first-order chi connectivity index (χ1) is 17.7. The number of Topliss-reactive ketones (excluding diaryl/α,β-unsaturated/α-hetero) is 1. The molecule has 8 atom stereocenters. The second-order valence-electron chi connectivity index (χ2n) is 15.1. The highest BCUT2D eigenvalue weighted by atomic mass is 16.5. The summed E-state index contributed by atoms with van der Waals surface area (Å²) in [4.78, 5) is 37.2. The van der Waals surface area contributed by atoms with Crippen molar-refractivity contribution < 1.29 is 23.9 Å². The maximum absolute atomic E-state index is 13.5. The van der Waals surface area contributed by atoms with Gasteiger partial charge >= 0.3 is 11.9 Å². The van der Waals surface area contributed by atoms with Gasteiger partial charge in [-0.25, -0.2) is 0 Å². The number of carbonyl (C=O) groups excluding carboxylic acids is 3. The molecule has 0 aliphatic heterocycles. The Labute approximate surface area is 229 Å². The zero-order chi connectivity index (χ0) is 27.8. The van der Waals surface area contributed by atoms with Crippen molar-refractivity contribution >= 4 is 17.7 Å². The van der Waals surface area contributed by atoms with Gasteiger partial charge in [0.05, 0.1) is 0 Å². The van der Waals surface area contributed by atoms with E-state index >= 15 is 0 Å². The molecule has 5 nitrogen and oxygen atoms in total. The van der Waals surface area contributed by atoms with E-state index in [0.29, 0.717) is 36.7 Å². The minimum Gasteiger partial charge on any atom is -0.465 e. The topological polar surface area (TPSA) is 69.7 Å². The van der Waals surface area contributed by atoms with Crippen molar-refractivity contribution in [2.24, 2.45) is 51.2 Å². The quantitative estimate of drug-likeness (QED) is 0.366. The van der Waals surface area contributed by atoms with Crippen LogP contribution in [0.3, 0.4) is 0 Å². The van der Waals surface area contributed by atoms with Crippen LogP contribution in [-0.4, -0.2) is 30.4 Å². The molecule has 0 aromatic rings. The summed E-state index contributed by atoms with van der Waals surface area (Å²) in [6, 6.07) is 0. The molecule has 0 aromatic heterocycles. The van der Waals surface area contributed by atoms with Crippen LogP contribution in [0.15, 0.2) is 11.1 Å². The van der Waals surface area contributed by atoms with Crippen molar-refractivity contribution in [1.82, 2.24) is 0 Å². The molecule has 212 valence electrons. The number of carbonyl (C=O) groups is 3. The third kappa shape index (κ3) is 3.95. The second-order valence-corrected chi connectivity index (χ2v) is 15.1. The Bertz CT molecular complexity index is 1050. The molecule has 0 bridgehead atoms. The van der Waals surface area contributed by atoms with Gasteiger partial charge in [-0.05, 0) is 103 Å². The lowest BCUT2D eigenvalue weighted by Crippen LogP contribution is -2.63. The van der Waals surface area contributed by atoms with Crippen molar-refractivity contribution in [3.8, 4) is 0 Å². The Morgan fingerprint density at radius 3 is 2.18 bits per heavy atom. The lowest BCUT2D eigenvalue weighted by Gasteiger charge is -2.68. The Kier molecular flexibility index (Phi) is 6.75. The number of hydrogen-bond acceptors (Lipinski definition) is 5. The fraction of sp³-hybridized carbons (Fsp3) is 0.848. The monoisotopic (exact) mass is 526 g/mol. The van der Waals surface area contributed by atoms with Gasteiger partial charge in [-0.3, -0.25) is 14.4 Å². The zero-order valence-corrected chi connectivity index (χ0v) is 25.1. The van der Waals surface area contributed by atoms with E-state index in [-0.39, 0.29) is 51.4 Å². The average molecular weight is 527 g/mol. The van der Waals surface area contributed by atoms with Crippen LogP contribution in [0.5, 0.6) is 0 Å². The van der Waals surface area contributed by atoms with Crippen LogP contribution < -0.4 is 0 Å². The molecule has 5 rings (SSSR count). The van der Waals surface area contributed by atoms with E-state index in [9.17, 15) is 14.4 Å². The largest absolute Gasteiger partial charge is 0.465 e. The highest BCUT2D eigenvalue weighted by Gasteiger charge is 2.66. The molecule has 0 saturated heterocycles. The molecule has 38 heavy (non-hydrogen) atoms. The summed E-state index contributed by atoms with van der Waals surface area (Å²) in [7, 11) is 0. The minimum absolute atomic E-state index is 0.00130. The van der Waals surface area contributed by atoms with Crippen LogP contribution in [0.25, 0.3) is 0 Å². The maximum Gasteiger partial charge on any atom is 0.302 e. The Balaban J connectivity index is 1.50. The lowest BCUT2D eigenvalue weighted by atomic mass is 9.36. The smallest absolute Gasteiger partial charge is 0.302 e. The van der Waals surface area contributed by atoms with E-state index in [2.05, 4.69) is 41.5 Å². The number of ether oxygens (including phenoxy) is 2. The standard InChI is InChI=1S/C33H50O5/c1-19(2)28-24(36)17-33(18-37-20(3)34)16-11-23-22(29(28)33)9-10-26-31(23,7)14-12-25-30(5,6)27(38-21(4)35)13-15-32(25,26)8/h19,22-23,25-27H,9-18H2,1-8H3/t22-,23?,25?,26?,27-,31-,32-,33-/m0/s1. The normalized spacial score (nSPS) is 43.6. The molecule has 5 heteroatoms. The number of esters is 2. The van der Waals surface area contributed by atoms with Crippen molar-refractivity contribution in [3.05, 3.63) is 11.1 Å². The maximum atomic E-state index is 13.5. The van der Waals surface area contributed by atoms with Crippen LogP contribution in [0.2, 0.25) is 0 Å². The first kappa shape index (κ1) is 27.9. The van der Waals surface area contributed by atoms with Crippen LogP contribution in [-0.2, 0) is 23.9 Å². The molecule has 0 radical (unpaired) electrons. The third-order valence-corrected chi connectivity index (χ3v) is 12.5. The van der Waals surface area contributed by atoms with Gasteiger partial charge in [0.2, 0.25) is 0 Å². The summed E-state index contributed by atoms with van der Waals surface area (Å²) >= 11 is 0. The van der Waals surface area contributed by atoms with E-state index in [4.69, 9.17) is 9.47 Å². The predicted molar refractivity (Wildman–Crippen MR) is 147 cm³/mol. The second kappa shape index (κ2) is 9.20. The summed E-state index contributed by atoms with van der Waals surface area (Å²) in [5.74, 6) is 2.22. The fourth-order valence-electron chi connectivity index (χ4n) is 11.2. The van der Waals surface area contributed by atoms with Gasteiger partial charge in [-0.1, -0.05) is 41.5 Å². The third-order valence-electron chi connectivity index (χ3n) is 12.5. The molecule has 0 spiro atoms. The number of fused-ring (bicyclic) bond motifs is 7. The summed E-state index contributed by atoms with van der Waals surface area (Å²) in [6.07, 6.45) is 9.32. The van der Waals surface area contributed by atoms with Crippen molar-refractivity contribution in [2.45, 2.75) is 119 Å². The highest BCUT2D eigenvalue weighted by molar-refractivity contribution is 6.00.